The Hall–Kier alpha value is -1.24. The summed E-state index contributed by atoms with van der Waals surface area (Å²) in [6.07, 6.45) is 2.87. The van der Waals surface area contributed by atoms with Crippen LogP contribution in [0.4, 0.5) is 0 Å². The van der Waals surface area contributed by atoms with Gasteiger partial charge in [-0.05, 0) is 44.9 Å². The highest BCUT2D eigenvalue weighted by molar-refractivity contribution is 8.14. The predicted octanol–water partition coefficient (Wildman–Crippen LogP) is 0.739. The number of nitrogens with zero attached hydrogens (tertiary/aromatic N) is 1. The fourth-order valence-corrected chi connectivity index (χ4v) is 3.74. The summed E-state index contributed by atoms with van der Waals surface area (Å²) >= 11 is 1.57. The zero-order valence-corrected chi connectivity index (χ0v) is 13.4. The van der Waals surface area contributed by atoms with Crippen molar-refractivity contribution >= 4 is 28.9 Å². The lowest BCUT2D eigenvalue weighted by molar-refractivity contribution is -0.563. The molecule has 0 saturated carbocycles. The maximum absolute atomic E-state index is 12.1. The highest BCUT2D eigenvalue weighted by Crippen LogP contribution is 2.21. The van der Waals surface area contributed by atoms with Gasteiger partial charge in [-0.25, -0.2) is 14.2 Å². The molecule has 0 bridgehead atoms. The molecule has 7 heteroatoms. The van der Waals surface area contributed by atoms with Crippen molar-refractivity contribution in [2.75, 3.05) is 25.5 Å². The lowest BCUT2D eigenvalue weighted by Crippen LogP contribution is -2.46. The Morgan fingerprint density at radius 2 is 1.95 bits per heavy atom. The summed E-state index contributed by atoms with van der Waals surface area (Å²) in [4.78, 5) is 23.8. The van der Waals surface area contributed by atoms with Crippen LogP contribution in [0.3, 0.4) is 0 Å². The van der Waals surface area contributed by atoms with Crippen LogP contribution in [0, 0.1) is 0 Å². The Bertz CT molecular complexity index is 439. The predicted molar refractivity (Wildman–Crippen MR) is 80.4 cm³/mol. The molecule has 0 amide bonds. The summed E-state index contributed by atoms with van der Waals surface area (Å²) in [6.45, 7) is 5.20. The molecule has 2 aliphatic rings. The number of carbonyl (C=O) groups excluding carboxylic acids is 2. The number of esters is 2. The quantitative estimate of drug-likeness (QED) is 0.610. The van der Waals surface area contributed by atoms with Crippen LogP contribution in [0.2, 0.25) is 0 Å². The highest BCUT2D eigenvalue weighted by atomic mass is 32.2. The molecule has 6 nitrogen and oxygen atoms in total. The molecule has 2 unspecified atom stereocenters. The summed E-state index contributed by atoms with van der Waals surface area (Å²) < 4.78 is 12.2. The van der Waals surface area contributed by atoms with E-state index >= 15 is 0 Å². The summed E-state index contributed by atoms with van der Waals surface area (Å²) in [5, 5.41) is 4.09. The molecule has 0 radical (unpaired) electrons. The van der Waals surface area contributed by atoms with Crippen LogP contribution in [0.1, 0.15) is 33.1 Å². The third-order valence-corrected chi connectivity index (χ3v) is 4.70. The van der Waals surface area contributed by atoms with E-state index in [-0.39, 0.29) is 24.0 Å². The lowest BCUT2D eigenvalue weighted by Gasteiger charge is -2.23. The second-order valence-corrected chi connectivity index (χ2v) is 6.03. The Morgan fingerprint density at radius 3 is 2.67 bits per heavy atom. The van der Waals surface area contributed by atoms with Crippen LogP contribution < -0.4 is 5.32 Å². The second-order valence-electron chi connectivity index (χ2n) is 5.02. The molecule has 2 rings (SSSR count). The molecular formula is C14H23N2O4S+. The molecule has 2 saturated heterocycles. The number of nitrogens with one attached hydrogen (secondary N) is 1. The number of carbonyl (C=O) groups is 2. The van der Waals surface area contributed by atoms with E-state index in [1.807, 2.05) is 11.5 Å². The Morgan fingerprint density at radius 1 is 1.24 bits per heavy atom. The van der Waals surface area contributed by atoms with Gasteiger partial charge in [0.05, 0.1) is 25.5 Å². The number of ether oxygens (including phenoxy) is 2. The van der Waals surface area contributed by atoms with E-state index in [0.29, 0.717) is 19.0 Å². The van der Waals surface area contributed by atoms with Crippen LogP contribution in [0.25, 0.3) is 0 Å². The van der Waals surface area contributed by atoms with Crippen molar-refractivity contribution in [1.82, 2.24) is 5.32 Å². The van der Waals surface area contributed by atoms with Crippen molar-refractivity contribution in [3.8, 4) is 0 Å². The molecule has 2 heterocycles. The fraction of sp³-hybridized carbons (Fsp3) is 0.786. The smallest absolute Gasteiger partial charge is 0.352 e. The summed E-state index contributed by atoms with van der Waals surface area (Å²) in [5.41, 5.74) is 0. The highest BCUT2D eigenvalue weighted by Gasteiger charge is 2.40. The molecule has 0 aromatic heterocycles. The zero-order valence-electron chi connectivity index (χ0n) is 12.6. The number of amidine groups is 1. The topological polar surface area (TPSA) is 67.6 Å². The minimum atomic E-state index is -0.324. The molecule has 2 aliphatic heterocycles. The Labute approximate surface area is 129 Å². The van der Waals surface area contributed by atoms with Gasteiger partial charge in [-0.3, -0.25) is 5.32 Å². The van der Waals surface area contributed by atoms with Gasteiger partial charge in [0, 0.05) is 0 Å². The fourth-order valence-electron chi connectivity index (χ4n) is 2.59. The van der Waals surface area contributed by atoms with E-state index in [9.17, 15) is 9.59 Å². The van der Waals surface area contributed by atoms with Crippen LogP contribution in [0.5, 0.6) is 0 Å². The van der Waals surface area contributed by atoms with Gasteiger partial charge in [0.1, 0.15) is 0 Å². The number of hydrogen-bond acceptors (Lipinski definition) is 5. The first kappa shape index (κ1) is 16.1. The minimum absolute atomic E-state index is 0.174. The molecule has 2 fully saturated rings. The minimum Gasteiger partial charge on any atom is -0.463 e. The van der Waals surface area contributed by atoms with Crippen LogP contribution in [0.15, 0.2) is 0 Å². The first-order valence-electron chi connectivity index (χ1n) is 7.53. The number of rotatable bonds is 4. The van der Waals surface area contributed by atoms with Crippen molar-refractivity contribution in [3.63, 3.8) is 0 Å². The van der Waals surface area contributed by atoms with Gasteiger partial charge < -0.3 is 9.47 Å². The molecule has 0 aliphatic carbocycles. The van der Waals surface area contributed by atoms with E-state index in [1.165, 1.54) is 0 Å². The van der Waals surface area contributed by atoms with Crippen molar-refractivity contribution < 1.29 is 23.6 Å². The van der Waals surface area contributed by atoms with Crippen molar-refractivity contribution in [3.05, 3.63) is 0 Å². The number of piperidine rings is 1. The summed E-state index contributed by atoms with van der Waals surface area (Å²) in [7, 11) is 0. The Balaban J connectivity index is 2.09. The van der Waals surface area contributed by atoms with Gasteiger partial charge in [0.2, 0.25) is 6.04 Å². The summed E-state index contributed by atoms with van der Waals surface area (Å²) in [6, 6.07) is -0.565. The van der Waals surface area contributed by atoms with Gasteiger partial charge >= 0.3 is 17.1 Å². The van der Waals surface area contributed by atoms with Gasteiger partial charge in [-0.2, -0.15) is 0 Å². The monoisotopic (exact) mass is 315 g/mol. The third-order valence-electron chi connectivity index (χ3n) is 3.58. The molecule has 21 heavy (non-hydrogen) atoms. The molecule has 2 atom stereocenters. The van der Waals surface area contributed by atoms with Gasteiger partial charge in [0.15, 0.2) is 6.04 Å². The number of hydrogen-bond donors (Lipinski definition) is 1. The van der Waals surface area contributed by atoms with E-state index in [0.717, 1.165) is 31.0 Å². The SMILES string of the molecule is CCOC(=O)C1CSC(=[N+]2CCCCC2C(=O)OCC)N1. The van der Waals surface area contributed by atoms with E-state index < -0.39 is 0 Å². The van der Waals surface area contributed by atoms with Crippen LogP contribution in [-0.2, 0) is 19.1 Å². The van der Waals surface area contributed by atoms with Crippen molar-refractivity contribution in [2.24, 2.45) is 0 Å². The average molecular weight is 315 g/mol. The second kappa shape index (κ2) is 7.68. The molecule has 0 spiro atoms. The first-order valence-corrected chi connectivity index (χ1v) is 8.52. The maximum atomic E-state index is 12.1. The largest absolute Gasteiger partial charge is 0.463 e. The van der Waals surface area contributed by atoms with E-state index in [1.54, 1.807) is 18.7 Å². The van der Waals surface area contributed by atoms with Gasteiger partial charge in [0.25, 0.3) is 0 Å². The van der Waals surface area contributed by atoms with Crippen molar-refractivity contribution in [1.29, 1.82) is 0 Å². The van der Waals surface area contributed by atoms with Crippen LogP contribution >= 0.6 is 11.8 Å². The maximum Gasteiger partial charge on any atom is 0.352 e. The average Bonchev–Trinajstić information content (AvgIpc) is 2.97. The molecule has 0 aromatic rings. The van der Waals surface area contributed by atoms with E-state index in [4.69, 9.17) is 9.47 Å². The van der Waals surface area contributed by atoms with Gasteiger partial charge in [-0.1, -0.05) is 0 Å². The van der Waals surface area contributed by atoms with Crippen molar-refractivity contribution in [2.45, 2.75) is 45.2 Å². The zero-order chi connectivity index (χ0) is 15.2. The normalized spacial score (nSPS) is 28.9. The molecule has 0 aromatic carbocycles. The molecule has 1 N–H and O–H groups in total. The third kappa shape index (κ3) is 3.90. The van der Waals surface area contributed by atoms with E-state index in [2.05, 4.69) is 5.32 Å². The molecular weight excluding hydrogens is 292 g/mol. The Kier molecular flexibility index (Phi) is 5.90. The van der Waals surface area contributed by atoms with Crippen LogP contribution in [-0.4, -0.2) is 59.3 Å². The molecule has 118 valence electrons. The summed E-state index contributed by atoms with van der Waals surface area (Å²) in [5.74, 6) is 0.233. The van der Waals surface area contributed by atoms with Gasteiger partial charge in [-0.15, -0.1) is 0 Å². The lowest BCUT2D eigenvalue weighted by atomic mass is 10.0. The first-order chi connectivity index (χ1) is 10.2. The standard InChI is InChI=1S/C14H22N2O4S/c1-3-19-12(17)10-9-21-14(15-10)16-8-6-5-7-11(16)13(18)20-4-2/h10-11H,3-9H2,1-2H3/p+1. The number of thioether (sulfide) groups is 1.